The summed E-state index contributed by atoms with van der Waals surface area (Å²) in [6.07, 6.45) is 1.69. The second-order valence-corrected chi connectivity index (χ2v) is 5.60. The Balaban J connectivity index is 2.55. The number of aromatic carboxylic acids is 1. The summed E-state index contributed by atoms with van der Waals surface area (Å²) in [7, 11) is 0. The lowest BCUT2D eigenvalue weighted by atomic mass is 10.00. The Kier molecular flexibility index (Phi) is 5.01. The van der Waals surface area contributed by atoms with E-state index in [4.69, 9.17) is 10.8 Å². The highest BCUT2D eigenvalue weighted by Gasteiger charge is 2.20. The minimum Gasteiger partial charge on any atom is -0.478 e. The van der Waals surface area contributed by atoms with Crippen molar-refractivity contribution in [2.75, 3.05) is 11.5 Å². The van der Waals surface area contributed by atoms with E-state index in [9.17, 15) is 9.59 Å². The number of rotatable bonds is 6. The van der Waals surface area contributed by atoms with Gasteiger partial charge in [-0.25, -0.2) is 4.79 Å². The van der Waals surface area contributed by atoms with Crippen molar-refractivity contribution in [2.45, 2.75) is 4.90 Å². The number of hydrogen-bond donors (Lipinski definition) is 2. The molecule has 0 heterocycles. The highest BCUT2D eigenvalue weighted by atomic mass is 32.2. The number of benzene rings is 2. The molecule has 0 aliphatic rings. The second-order valence-electron chi connectivity index (χ2n) is 4.54. The molecule has 4 nitrogen and oxygen atoms in total. The van der Waals surface area contributed by atoms with Crippen LogP contribution in [0.1, 0.15) is 26.3 Å². The zero-order chi connectivity index (χ0) is 16.1. The van der Waals surface area contributed by atoms with Gasteiger partial charge in [-0.15, -0.1) is 18.3 Å². The number of carbonyl (C=O) groups excluding carboxylic acids is 1. The number of anilines is 1. The maximum absolute atomic E-state index is 12.7. The first-order valence-corrected chi connectivity index (χ1v) is 7.53. The fourth-order valence-electron chi connectivity index (χ4n) is 2.00. The summed E-state index contributed by atoms with van der Waals surface area (Å²) in [5.74, 6) is -0.745. The molecule has 0 spiro atoms. The summed E-state index contributed by atoms with van der Waals surface area (Å²) in [6.45, 7) is 3.64. The molecule has 0 saturated heterocycles. The van der Waals surface area contributed by atoms with Crippen molar-refractivity contribution in [3.05, 3.63) is 71.8 Å². The number of carbonyl (C=O) groups is 2. The van der Waals surface area contributed by atoms with Crippen LogP contribution in [0.3, 0.4) is 0 Å². The Morgan fingerprint density at radius 1 is 1.18 bits per heavy atom. The predicted octanol–water partition coefficient (Wildman–Crippen LogP) is 3.48. The zero-order valence-corrected chi connectivity index (χ0v) is 12.6. The van der Waals surface area contributed by atoms with Gasteiger partial charge in [-0.3, -0.25) is 4.79 Å². The van der Waals surface area contributed by atoms with Crippen molar-refractivity contribution in [3.8, 4) is 0 Å². The molecule has 0 atom stereocenters. The number of thioether (sulfide) groups is 1. The van der Waals surface area contributed by atoms with Crippen LogP contribution >= 0.6 is 11.8 Å². The Hall–Kier alpha value is -2.53. The van der Waals surface area contributed by atoms with Crippen LogP contribution in [0.15, 0.2) is 60.0 Å². The summed E-state index contributed by atoms with van der Waals surface area (Å²) in [6, 6.07) is 11.6. The number of hydrogen-bond acceptors (Lipinski definition) is 4. The normalized spacial score (nSPS) is 10.2. The van der Waals surface area contributed by atoms with Gasteiger partial charge in [-0.1, -0.05) is 36.4 Å². The van der Waals surface area contributed by atoms with Crippen molar-refractivity contribution >= 4 is 29.2 Å². The Morgan fingerprint density at radius 3 is 2.45 bits per heavy atom. The molecule has 0 aliphatic carbocycles. The van der Waals surface area contributed by atoms with Gasteiger partial charge in [-0.05, 0) is 12.1 Å². The lowest BCUT2D eigenvalue weighted by Crippen LogP contribution is -2.10. The van der Waals surface area contributed by atoms with Crippen LogP contribution in [0.2, 0.25) is 0 Å². The van der Waals surface area contributed by atoms with E-state index >= 15 is 0 Å². The standard InChI is InChI=1S/C17H15NO3S/c1-2-8-22-14-10-12(17(20)21)9-13(18)15(14)16(19)11-6-4-3-5-7-11/h2-7,9-10H,1,8,18H2,(H,20,21). The van der Waals surface area contributed by atoms with Crippen LogP contribution in [0.5, 0.6) is 0 Å². The summed E-state index contributed by atoms with van der Waals surface area (Å²) in [5.41, 5.74) is 7.03. The van der Waals surface area contributed by atoms with Gasteiger partial charge in [0.2, 0.25) is 0 Å². The third kappa shape index (κ3) is 3.38. The second kappa shape index (κ2) is 6.95. The van der Waals surface area contributed by atoms with E-state index in [2.05, 4.69) is 6.58 Å². The molecule has 0 radical (unpaired) electrons. The quantitative estimate of drug-likeness (QED) is 0.369. The monoisotopic (exact) mass is 313 g/mol. The predicted molar refractivity (Wildman–Crippen MR) is 88.6 cm³/mol. The number of carboxylic acids is 1. The summed E-state index contributed by atoms with van der Waals surface area (Å²) in [4.78, 5) is 24.4. The average Bonchev–Trinajstić information content (AvgIpc) is 2.52. The van der Waals surface area contributed by atoms with E-state index < -0.39 is 5.97 Å². The van der Waals surface area contributed by atoms with E-state index in [-0.39, 0.29) is 17.0 Å². The molecular formula is C17H15NO3S. The lowest BCUT2D eigenvalue weighted by Gasteiger charge is -2.12. The fourth-order valence-corrected chi connectivity index (χ4v) is 2.86. The first-order valence-electron chi connectivity index (χ1n) is 6.55. The molecule has 0 aliphatic heterocycles. The summed E-state index contributed by atoms with van der Waals surface area (Å²) >= 11 is 1.33. The number of nitrogens with two attached hydrogens (primary N) is 1. The molecule has 0 saturated carbocycles. The van der Waals surface area contributed by atoms with Crippen molar-refractivity contribution in [2.24, 2.45) is 0 Å². The average molecular weight is 313 g/mol. The van der Waals surface area contributed by atoms with Gasteiger partial charge in [0.1, 0.15) is 0 Å². The third-order valence-electron chi connectivity index (χ3n) is 3.00. The number of nitrogen functional groups attached to an aromatic ring is 1. The first kappa shape index (κ1) is 15.9. The molecule has 5 heteroatoms. The van der Waals surface area contributed by atoms with Gasteiger partial charge in [-0.2, -0.15) is 0 Å². The molecule has 0 unspecified atom stereocenters. The van der Waals surface area contributed by atoms with Crippen LogP contribution < -0.4 is 5.73 Å². The molecular weight excluding hydrogens is 298 g/mol. The molecule has 0 bridgehead atoms. The largest absolute Gasteiger partial charge is 0.478 e. The SMILES string of the molecule is C=CCSc1cc(C(=O)O)cc(N)c1C(=O)c1ccccc1. The highest BCUT2D eigenvalue weighted by molar-refractivity contribution is 7.99. The van der Waals surface area contributed by atoms with E-state index in [1.807, 2.05) is 6.07 Å². The topological polar surface area (TPSA) is 80.4 Å². The molecule has 22 heavy (non-hydrogen) atoms. The molecule has 3 N–H and O–H groups in total. The molecule has 2 aromatic rings. The molecule has 2 rings (SSSR count). The highest BCUT2D eigenvalue weighted by Crippen LogP contribution is 2.31. The van der Waals surface area contributed by atoms with Gasteiger partial charge in [0.05, 0.1) is 11.1 Å². The van der Waals surface area contributed by atoms with Gasteiger partial charge < -0.3 is 10.8 Å². The van der Waals surface area contributed by atoms with Crippen LogP contribution in [0.25, 0.3) is 0 Å². The maximum Gasteiger partial charge on any atom is 0.335 e. The fraction of sp³-hybridized carbons (Fsp3) is 0.0588. The Bertz CT molecular complexity index is 726. The smallest absolute Gasteiger partial charge is 0.335 e. The Morgan fingerprint density at radius 2 is 1.86 bits per heavy atom. The summed E-state index contributed by atoms with van der Waals surface area (Å²) in [5, 5.41) is 9.14. The van der Waals surface area contributed by atoms with E-state index in [1.165, 1.54) is 23.9 Å². The molecule has 2 aromatic carbocycles. The van der Waals surface area contributed by atoms with Gasteiger partial charge in [0, 0.05) is 21.9 Å². The van der Waals surface area contributed by atoms with E-state index in [0.717, 1.165) is 0 Å². The molecule has 112 valence electrons. The van der Waals surface area contributed by atoms with Crippen LogP contribution in [-0.4, -0.2) is 22.6 Å². The minimum absolute atomic E-state index is 0.0636. The number of carboxylic acid groups (broad SMARTS) is 1. The van der Waals surface area contributed by atoms with Crippen molar-refractivity contribution in [3.63, 3.8) is 0 Å². The molecule has 0 amide bonds. The van der Waals surface area contributed by atoms with Crippen molar-refractivity contribution < 1.29 is 14.7 Å². The first-order chi connectivity index (χ1) is 10.5. The summed E-state index contributed by atoms with van der Waals surface area (Å²) < 4.78 is 0. The van der Waals surface area contributed by atoms with Gasteiger partial charge >= 0.3 is 5.97 Å². The maximum atomic E-state index is 12.7. The van der Waals surface area contributed by atoms with Crippen LogP contribution in [0, 0.1) is 0 Å². The van der Waals surface area contributed by atoms with Gasteiger partial charge in [0.25, 0.3) is 0 Å². The van der Waals surface area contributed by atoms with Gasteiger partial charge in [0.15, 0.2) is 5.78 Å². The zero-order valence-electron chi connectivity index (χ0n) is 11.8. The third-order valence-corrected chi connectivity index (χ3v) is 4.03. The molecule has 0 fully saturated rings. The van der Waals surface area contributed by atoms with Crippen molar-refractivity contribution in [1.82, 2.24) is 0 Å². The minimum atomic E-state index is -1.08. The number of ketones is 1. The van der Waals surface area contributed by atoms with E-state index in [0.29, 0.717) is 21.8 Å². The molecule has 0 aromatic heterocycles. The lowest BCUT2D eigenvalue weighted by molar-refractivity contribution is 0.0696. The van der Waals surface area contributed by atoms with Crippen LogP contribution in [-0.2, 0) is 0 Å². The van der Waals surface area contributed by atoms with Crippen LogP contribution in [0.4, 0.5) is 5.69 Å². The van der Waals surface area contributed by atoms with E-state index in [1.54, 1.807) is 30.3 Å². The van der Waals surface area contributed by atoms with Crippen molar-refractivity contribution in [1.29, 1.82) is 0 Å². The Labute approximate surface area is 132 Å².